The molecule has 0 radical (unpaired) electrons. The van der Waals surface area contributed by atoms with Gasteiger partial charge in [0, 0.05) is 38.9 Å². The van der Waals surface area contributed by atoms with Gasteiger partial charge in [0.25, 0.3) is 5.56 Å². The van der Waals surface area contributed by atoms with Crippen molar-refractivity contribution >= 4 is 23.0 Å². The second-order valence-electron chi connectivity index (χ2n) is 7.65. The summed E-state index contributed by atoms with van der Waals surface area (Å²) in [7, 11) is 0. The average Bonchev–Trinajstić information content (AvgIpc) is 3.16. The number of fused-ring (bicyclic) bond motifs is 3. The smallest absolute Gasteiger partial charge is 0.258 e. The molecule has 0 aliphatic carbocycles. The number of carbonyl (C=O) groups excluding carboxylic acids is 1. The van der Waals surface area contributed by atoms with Crippen LogP contribution in [-0.4, -0.2) is 51.8 Å². The summed E-state index contributed by atoms with van der Waals surface area (Å²) >= 11 is 0. The van der Waals surface area contributed by atoms with Crippen LogP contribution in [0.3, 0.4) is 0 Å². The molecule has 6 heteroatoms. The molecule has 1 aliphatic rings. The molecule has 4 aromatic rings. The van der Waals surface area contributed by atoms with Crippen molar-refractivity contribution < 1.29 is 4.79 Å². The lowest BCUT2D eigenvalue weighted by Gasteiger charge is -2.32. The van der Waals surface area contributed by atoms with Gasteiger partial charge in [-0.05, 0) is 36.2 Å². The number of benzene rings is 2. The molecule has 2 aromatic carbocycles. The van der Waals surface area contributed by atoms with E-state index in [-0.39, 0.29) is 5.56 Å². The summed E-state index contributed by atoms with van der Waals surface area (Å²) in [6.45, 7) is 6.68. The number of aryl methyl sites for hydroxylation is 1. The monoisotopic (exact) mass is 402 g/mol. The summed E-state index contributed by atoms with van der Waals surface area (Å²) in [5, 5.41) is 0.723. The molecule has 5 rings (SSSR count). The molecule has 1 fully saturated rings. The molecule has 3 heterocycles. The maximum atomic E-state index is 11.7. The Morgan fingerprint density at radius 1 is 0.967 bits per heavy atom. The molecule has 154 valence electrons. The second-order valence-corrected chi connectivity index (χ2v) is 7.65. The van der Waals surface area contributed by atoms with Crippen LogP contribution in [0.1, 0.15) is 11.1 Å². The number of aromatic amines is 1. The molecule has 30 heavy (non-hydrogen) atoms. The zero-order valence-corrected chi connectivity index (χ0v) is 17.1. The van der Waals surface area contributed by atoms with E-state index in [0.29, 0.717) is 0 Å². The van der Waals surface area contributed by atoms with Gasteiger partial charge in [0.2, 0.25) is 6.41 Å². The van der Waals surface area contributed by atoms with E-state index in [2.05, 4.69) is 34.1 Å². The fraction of sp³-hybridized carbons (Fsp3) is 0.250. The van der Waals surface area contributed by atoms with E-state index >= 15 is 0 Å². The number of rotatable bonds is 3. The number of carbonyl (C=O) groups is 1. The Morgan fingerprint density at radius 2 is 1.67 bits per heavy atom. The lowest BCUT2D eigenvalue weighted by Crippen LogP contribution is -2.45. The van der Waals surface area contributed by atoms with E-state index in [1.807, 2.05) is 58.8 Å². The largest absolute Gasteiger partial charge is 0.343 e. The molecule has 1 saturated heterocycles. The van der Waals surface area contributed by atoms with Crippen molar-refractivity contribution in [2.24, 2.45) is 0 Å². The highest BCUT2D eigenvalue weighted by Gasteiger charge is 2.14. The highest BCUT2D eigenvalue weighted by Crippen LogP contribution is 2.13. The summed E-state index contributed by atoms with van der Waals surface area (Å²) in [5.74, 6) is 0. The number of nitrogens with one attached hydrogen (secondary N) is 1. The normalized spacial score (nSPS) is 14.5. The SMILES string of the molecule is Cc1cc2[nH]c(=O)c3ccccc3n2c1.O=CN1CCN(Cc2ccccc2)CC1. The lowest BCUT2D eigenvalue weighted by molar-refractivity contribution is -0.119. The van der Waals surface area contributed by atoms with E-state index in [9.17, 15) is 9.59 Å². The third-order valence-corrected chi connectivity index (χ3v) is 5.41. The first-order valence-corrected chi connectivity index (χ1v) is 10.2. The van der Waals surface area contributed by atoms with Gasteiger partial charge in [-0.1, -0.05) is 42.5 Å². The summed E-state index contributed by atoms with van der Waals surface area (Å²) in [5.41, 5.74) is 4.25. The number of aromatic nitrogens is 2. The average molecular weight is 402 g/mol. The molecule has 0 bridgehead atoms. The Balaban J connectivity index is 0.000000145. The van der Waals surface area contributed by atoms with Crippen molar-refractivity contribution in [2.75, 3.05) is 26.2 Å². The zero-order valence-electron chi connectivity index (χ0n) is 17.1. The number of piperazine rings is 1. The predicted octanol–water partition coefficient (Wildman–Crippen LogP) is 3.05. The van der Waals surface area contributed by atoms with Crippen molar-refractivity contribution in [3.05, 3.63) is 88.3 Å². The van der Waals surface area contributed by atoms with E-state index in [0.717, 1.165) is 61.2 Å². The van der Waals surface area contributed by atoms with Crippen LogP contribution >= 0.6 is 0 Å². The molecule has 0 atom stereocenters. The van der Waals surface area contributed by atoms with Gasteiger partial charge < -0.3 is 14.3 Å². The highest BCUT2D eigenvalue weighted by molar-refractivity contribution is 5.80. The quantitative estimate of drug-likeness (QED) is 0.536. The first-order chi connectivity index (χ1) is 14.6. The van der Waals surface area contributed by atoms with Crippen molar-refractivity contribution in [1.82, 2.24) is 19.2 Å². The molecular formula is C24H26N4O2. The highest BCUT2D eigenvalue weighted by atomic mass is 16.1. The van der Waals surface area contributed by atoms with Crippen LogP contribution in [0.2, 0.25) is 0 Å². The third kappa shape index (κ3) is 4.44. The van der Waals surface area contributed by atoms with Crippen LogP contribution in [0.4, 0.5) is 0 Å². The molecule has 0 spiro atoms. The summed E-state index contributed by atoms with van der Waals surface area (Å²) in [4.78, 5) is 29.3. The fourth-order valence-corrected chi connectivity index (χ4v) is 3.82. The first kappa shape index (κ1) is 19.9. The molecule has 0 unspecified atom stereocenters. The Kier molecular flexibility index (Phi) is 5.95. The topological polar surface area (TPSA) is 60.8 Å². The maximum absolute atomic E-state index is 11.7. The third-order valence-electron chi connectivity index (χ3n) is 5.41. The number of amides is 1. The molecule has 2 aromatic heterocycles. The summed E-state index contributed by atoms with van der Waals surface area (Å²) < 4.78 is 2.01. The maximum Gasteiger partial charge on any atom is 0.258 e. The van der Waals surface area contributed by atoms with Crippen molar-refractivity contribution in [2.45, 2.75) is 13.5 Å². The molecule has 1 aliphatic heterocycles. The Hall–Kier alpha value is -3.38. The molecule has 6 nitrogen and oxygen atoms in total. The van der Waals surface area contributed by atoms with Crippen LogP contribution in [0, 0.1) is 6.92 Å². The van der Waals surface area contributed by atoms with Crippen molar-refractivity contribution in [1.29, 1.82) is 0 Å². The van der Waals surface area contributed by atoms with Crippen LogP contribution in [-0.2, 0) is 11.3 Å². The van der Waals surface area contributed by atoms with E-state index in [1.165, 1.54) is 5.56 Å². The number of nitrogens with zero attached hydrogens (tertiary/aromatic N) is 3. The summed E-state index contributed by atoms with van der Waals surface area (Å²) in [6.07, 6.45) is 2.97. The van der Waals surface area contributed by atoms with Crippen LogP contribution in [0.25, 0.3) is 16.6 Å². The van der Waals surface area contributed by atoms with Crippen molar-refractivity contribution in [3.8, 4) is 0 Å². The number of hydrogen-bond donors (Lipinski definition) is 1. The second kappa shape index (κ2) is 8.97. The van der Waals surface area contributed by atoms with Gasteiger partial charge in [-0.3, -0.25) is 14.5 Å². The number of para-hydroxylation sites is 1. The van der Waals surface area contributed by atoms with Gasteiger partial charge in [-0.2, -0.15) is 0 Å². The standard InChI is InChI=1S/C12H10N2O.C12H16N2O/c1-8-6-11-13-12(15)9-4-2-3-5-10(9)14(11)7-8;15-11-14-8-6-13(7-9-14)10-12-4-2-1-3-5-12/h2-7H,1H3,(H,13,15);1-5,11H,6-10H2. The van der Waals surface area contributed by atoms with Gasteiger partial charge in [0.05, 0.1) is 10.9 Å². The predicted molar refractivity (Wildman–Crippen MR) is 120 cm³/mol. The molecule has 1 N–H and O–H groups in total. The van der Waals surface area contributed by atoms with Gasteiger partial charge in [0.15, 0.2) is 0 Å². The Morgan fingerprint density at radius 3 is 2.40 bits per heavy atom. The minimum atomic E-state index is -0.0313. The lowest BCUT2D eigenvalue weighted by atomic mass is 10.2. The molecular weight excluding hydrogens is 376 g/mol. The summed E-state index contributed by atoms with van der Waals surface area (Å²) in [6, 6.07) is 20.0. The number of H-pyrrole nitrogens is 1. The number of hydrogen-bond acceptors (Lipinski definition) is 3. The van der Waals surface area contributed by atoms with Gasteiger partial charge in [0.1, 0.15) is 5.65 Å². The van der Waals surface area contributed by atoms with Gasteiger partial charge in [-0.15, -0.1) is 0 Å². The zero-order chi connectivity index (χ0) is 20.9. The van der Waals surface area contributed by atoms with Crippen molar-refractivity contribution in [3.63, 3.8) is 0 Å². The van der Waals surface area contributed by atoms with Gasteiger partial charge >= 0.3 is 0 Å². The molecule has 0 saturated carbocycles. The fourth-order valence-electron chi connectivity index (χ4n) is 3.82. The van der Waals surface area contributed by atoms with E-state index in [1.54, 1.807) is 0 Å². The van der Waals surface area contributed by atoms with Gasteiger partial charge in [-0.25, -0.2) is 0 Å². The van der Waals surface area contributed by atoms with Crippen LogP contribution in [0.5, 0.6) is 0 Å². The van der Waals surface area contributed by atoms with E-state index in [4.69, 9.17) is 0 Å². The van der Waals surface area contributed by atoms with E-state index < -0.39 is 0 Å². The first-order valence-electron chi connectivity index (χ1n) is 10.2. The molecule has 1 amide bonds. The van der Waals surface area contributed by atoms with Crippen LogP contribution in [0.15, 0.2) is 71.7 Å². The minimum Gasteiger partial charge on any atom is -0.343 e. The Bertz CT molecular complexity index is 1190. The minimum absolute atomic E-state index is 0.0313. The van der Waals surface area contributed by atoms with Crippen LogP contribution < -0.4 is 5.56 Å². The Labute approximate surface area is 175 Å².